The first kappa shape index (κ1) is 22.6. The van der Waals surface area contributed by atoms with E-state index in [1.54, 1.807) is 36.2 Å². The number of aromatic nitrogens is 3. The van der Waals surface area contributed by atoms with Crippen LogP contribution >= 0.6 is 0 Å². The molecule has 2 atom stereocenters. The van der Waals surface area contributed by atoms with Gasteiger partial charge in [-0.2, -0.15) is 0 Å². The van der Waals surface area contributed by atoms with Crippen molar-refractivity contribution in [2.45, 2.75) is 31.7 Å². The van der Waals surface area contributed by atoms with Gasteiger partial charge in [-0.3, -0.25) is 19.7 Å². The summed E-state index contributed by atoms with van der Waals surface area (Å²) in [6.07, 6.45) is 3.61. The smallest absolute Gasteiger partial charge is 0.251 e. The van der Waals surface area contributed by atoms with Gasteiger partial charge >= 0.3 is 0 Å². The first-order valence-electron chi connectivity index (χ1n) is 11.5. The molecule has 0 bridgehead atoms. The Kier molecular flexibility index (Phi) is 6.61. The van der Waals surface area contributed by atoms with Gasteiger partial charge in [0.25, 0.3) is 5.56 Å². The van der Waals surface area contributed by atoms with E-state index in [0.717, 1.165) is 29.7 Å². The van der Waals surface area contributed by atoms with Gasteiger partial charge in [-0.25, -0.2) is 0 Å². The molecule has 3 aromatic rings. The van der Waals surface area contributed by atoms with E-state index >= 15 is 0 Å². The lowest BCUT2D eigenvalue weighted by atomic mass is 10.0. The second-order valence-corrected chi connectivity index (χ2v) is 8.57. The Morgan fingerprint density at radius 3 is 2.82 bits per heavy atom. The highest BCUT2D eigenvalue weighted by molar-refractivity contribution is 5.75. The van der Waals surface area contributed by atoms with E-state index in [2.05, 4.69) is 20.2 Å². The summed E-state index contributed by atoms with van der Waals surface area (Å²) in [6, 6.07) is 6.96. The van der Waals surface area contributed by atoms with Gasteiger partial charge in [-0.05, 0) is 19.0 Å². The Bertz CT molecular complexity index is 1220. The minimum atomic E-state index is -0.517. The highest BCUT2D eigenvalue weighted by Gasteiger charge is 2.27. The third kappa shape index (κ3) is 4.84. The second-order valence-electron chi connectivity index (χ2n) is 8.57. The van der Waals surface area contributed by atoms with Crippen LogP contribution in [0.4, 0.5) is 0 Å². The lowest BCUT2D eigenvalue weighted by Gasteiger charge is -2.36. The van der Waals surface area contributed by atoms with Gasteiger partial charge in [-0.15, -0.1) is 0 Å². The molecule has 5 rings (SSSR count). The minimum absolute atomic E-state index is 0.0278. The van der Waals surface area contributed by atoms with Crippen LogP contribution in [0, 0.1) is 0 Å². The van der Waals surface area contributed by atoms with Crippen molar-refractivity contribution in [3.63, 3.8) is 0 Å². The zero-order chi connectivity index (χ0) is 23.5. The molecular formula is C24H29N5O5. The van der Waals surface area contributed by atoms with E-state index in [-0.39, 0.29) is 11.6 Å². The predicted octanol–water partition coefficient (Wildman–Crippen LogP) is 0.796. The highest BCUT2D eigenvalue weighted by Crippen LogP contribution is 2.29. The van der Waals surface area contributed by atoms with Crippen LogP contribution in [0.2, 0.25) is 0 Å². The monoisotopic (exact) mass is 467 g/mol. The predicted molar refractivity (Wildman–Crippen MR) is 125 cm³/mol. The molecule has 0 amide bonds. The molecule has 0 radical (unpaired) electrons. The van der Waals surface area contributed by atoms with Gasteiger partial charge in [0.15, 0.2) is 11.5 Å². The molecular weight excluding hydrogens is 438 g/mol. The second kappa shape index (κ2) is 9.96. The molecule has 5 heterocycles. The largest absolute Gasteiger partial charge is 0.495 e. The third-order valence-electron chi connectivity index (χ3n) is 6.39. The number of likely N-dealkylation sites (tertiary alicyclic amines) is 1. The molecule has 1 saturated heterocycles. The SMILES string of the molecule is COc1cnc2ccc(=O)n(CCN3CC[C@@H](NCc4cc5c(cn4)OCCO5)[C@H](O)C3)c2c1. The van der Waals surface area contributed by atoms with Crippen LogP contribution in [0.15, 0.2) is 41.5 Å². The summed E-state index contributed by atoms with van der Waals surface area (Å²) in [5, 5.41) is 14.2. The van der Waals surface area contributed by atoms with Gasteiger partial charge in [-0.1, -0.05) is 0 Å². The van der Waals surface area contributed by atoms with Gasteiger partial charge in [0.05, 0.1) is 42.3 Å². The van der Waals surface area contributed by atoms with Crippen LogP contribution in [-0.4, -0.2) is 76.6 Å². The maximum atomic E-state index is 12.5. The summed E-state index contributed by atoms with van der Waals surface area (Å²) in [6.45, 7) is 4.14. The lowest BCUT2D eigenvalue weighted by molar-refractivity contribution is 0.0384. The van der Waals surface area contributed by atoms with Crippen molar-refractivity contribution in [1.29, 1.82) is 0 Å². The number of ether oxygens (including phenoxy) is 3. The molecule has 2 N–H and O–H groups in total. The number of nitrogens with one attached hydrogen (secondary N) is 1. The Morgan fingerprint density at radius 1 is 1.15 bits per heavy atom. The van der Waals surface area contributed by atoms with Crippen LogP contribution in [0.3, 0.4) is 0 Å². The molecule has 3 aromatic heterocycles. The van der Waals surface area contributed by atoms with E-state index in [9.17, 15) is 9.90 Å². The fourth-order valence-electron chi connectivity index (χ4n) is 4.49. The number of pyridine rings is 3. The molecule has 10 nitrogen and oxygen atoms in total. The number of aliphatic hydroxyl groups is 1. The maximum Gasteiger partial charge on any atom is 0.251 e. The number of hydrogen-bond acceptors (Lipinski definition) is 9. The number of fused-ring (bicyclic) bond motifs is 2. The van der Waals surface area contributed by atoms with E-state index in [1.165, 1.54) is 0 Å². The van der Waals surface area contributed by atoms with Crippen LogP contribution < -0.4 is 25.1 Å². The van der Waals surface area contributed by atoms with Crippen LogP contribution in [0.1, 0.15) is 12.1 Å². The topological polar surface area (TPSA) is 111 Å². The number of methoxy groups -OCH3 is 1. The molecule has 0 unspecified atom stereocenters. The quantitative estimate of drug-likeness (QED) is 0.521. The van der Waals surface area contributed by atoms with Crippen molar-refractivity contribution < 1.29 is 19.3 Å². The molecule has 0 aromatic carbocycles. The summed E-state index contributed by atoms with van der Waals surface area (Å²) >= 11 is 0. The highest BCUT2D eigenvalue weighted by atomic mass is 16.6. The standard InChI is InChI=1S/C24H29N5O5/c1-32-17-11-20-18(27-13-17)2-3-24(31)29(20)7-6-28-5-4-19(21(30)15-28)26-12-16-10-22-23(14-25-16)34-9-8-33-22/h2-3,10-11,13-14,19,21,26,30H,4-9,12,15H2,1H3/t19-,21-/m1/s1. The van der Waals surface area contributed by atoms with Crippen LogP contribution in [0.5, 0.6) is 17.2 Å². The van der Waals surface area contributed by atoms with Gasteiger partial charge in [0.1, 0.15) is 19.0 Å². The summed E-state index contributed by atoms with van der Waals surface area (Å²) in [7, 11) is 1.58. The van der Waals surface area contributed by atoms with Crippen molar-refractivity contribution in [3.05, 3.63) is 52.7 Å². The maximum absolute atomic E-state index is 12.5. The average molecular weight is 468 g/mol. The summed E-state index contributed by atoms with van der Waals surface area (Å²) < 4.78 is 18.1. The summed E-state index contributed by atoms with van der Waals surface area (Å²) in [4.78, 5) is 23.5. The fraction of sp³-hybridized carbons (Fsp3) is 0.458. The molecule has 34 heavy (non-hydrogen) atoms. The molecule has 1 fully saturated rings. The molecule has 2 aliphatic heterocycles. The van der Waals surface area contributed by atoms with E-state index in [4.69, 9.17) is 14.2 Å². The number of aliphatic hydroxyl groups excluding tert-OH is 1. The van der Waals surface area contributed by atoms with Gasteiger partial charge in [0, 0.05) is 50.4 Å². The van der Waals surface area contributed by atoms with Crippen LogP contribution in [-0.2, 0) is 13.1 Å². The average Bonchev–Trinajstić information content (AvgIpc) is 2.87. The van der Waals surface area contributed by atoms with Crippen molar-refractivity contribution in [3.8, 4) is 17.2 Å². The minimum Gasteiger partial charge on any atom is -0.495 e. The zero-order valence-corrected chi connectivity index (χ0v) is 19.1. The molecule has 0 saturated carbocycles. The summed E-state index contributed by atoms with van der Waals surface area (Å²) in [5.74, 6) is 1.99. The fourth-order valence-corrected chi connectivity index (χ4v) is 4.49. The molecule has 0 spiro atoms. The normalized spacial score (nSPS) is 20.4. The number of β-amino-alcohol motifs (C(OH)–C–C–N with tert-alkyl or cyclic N) is 1. The van der Waals surface area contributed by atoms with E-state index < -0.39 is 6.10 Å². The van der Waals surface area contributed by atoms with E-state index in [1.807, 2.05) is 12.1 Å². The lowest BCUT2D eigenvalue weighted by Crippen LogP contribution is -2.53. The number of piperidine rings is 1. The number of rotatable bonds is 7. The van der Waals surface area contributed by atoms with Gasteiger partial charge < -0.3 is 29.2 Å². The molecule has 180 valence electrons. The molecule has 0 aliphatic carbocycles. The Morgan fingerprint density at radius 2 is 2.00 bits per heavy atom. The third-order valence-corrected chi connectivity index (χ3v) is 6.39. The van der Waals surface area contributed by atoms with Crippen molar-refractivity contribution >= 4 is 11.0 Å². The first-order valence-corrected chi connectivity index (χ1v) is 11.5. The van der Waals surface area contributed by atoms with Crippen LogP contribution in [0.25, 0.3) is 11.0 Å². The molecule has 10 heteroatoms. The summed E-state index contributed by atoms with van der Waals surface area (Å²) in [5.41, 5.74) is 2.26. The van der Waals surface area contributed by atoms with Crippen molar-refractivity contribution in [2.75, 3.05) is 40.0 Å². The Hall–Kier alpha value is -3.21. The first-order chi connectivity index (χ1) is 16.6. The van der Waals surface area contributed by atoms with Crippen molar-refractivity contribution in [1.82, 2.24) is 24.8 Å². The molecule has 2 aliphatic rings. The Labute approximate surface area is 197 Å². The number of nitrogens with zero attached hydrogens (tertiary/aromatic N) is 4. The van der Waals surface area contributed by atoms with E-state index in [0.29, 0.717) is 56.6 Å². The Balaban J connectivity index is 1.17. The van der Waals surface area contributed by atoms with Gasteiger partial charge in [0.2, 0.25) is 0 Å². The number of hydrogen-bond donors (Lipinski definition) is 2. The van der Waals surface area contributed by atoms with Crippen molar-refractivity contribution in [2.24, 2.45) is 0 Å². The zero-order valence-electron chi connectivity index (χ0n) is 19.1.